The number of nitrogens with one attached hydrogen (secondary N) is 1. The van der Waals surface area contributed by atoms with Crippen molar-refractivity contribution in [3.8, 4) is 17.2 Å². The molecule has 2 aromatic rings. The average molecular weight is 846 g/mol. The first kappa shape index (κ1) is 25.2. The summed E-state index contributed by atoms with van der Waals surface area (Å²) in [5.41, 5.74) is 0.926. The normalized spacial score (nSPS) is 11.7. The number of phenols is 1. The minimum atomic E-state index is -0.624. The number of rotatable bonds is 6. The lowest BCUT2D eigenvalue weighted by Crippen LogP contribution is -2.46. The monoisotopic (exact) mass is 846 g/mol. The van der Waals surface area contributed by atoms with E-state index in [0.29, 0.717) is 25.1 Å². The Morgan fingerprint density at radius 2 is 1.55 bits per heavy atom. The second-order valence-corrected chi connectivity index (χ2v) is 11.1. The number of ether oxygens (including phenoxy) is 1. The van der Waals surface area contributed by atoms with Gasteiger partial charge in [-0.05, 0) is 120 Å². The van der Waals surface area contributed by atoms with E-state index in [-0.39, 0.29) is 17.6 Å². The van der Waals surface area contributed by atoms with E-state index in [4.69, 9.17) is 4.74 Å². The van der Waals surface area contributed by atoms with Crippen molar-refractivity contribution in [2.45, 2.75) is 19.4 Å². The van der Waals surface area contributed by atoms with Gasteiger partial charge in [-0.3, -0.25) is 9.59 Å². The molecule has 2 N–H and O–H groups in total. The molecule has 10 heteroatoms. The second kappa shape index (κ2) is 11.0. The van der Waals surface area contributed by atoms with Crippen LogP contribution < -0.4 is 10.1 Å². The van der Waals surface area contributed by atoms with Crippen molar-refractivity contribution in [3.05, 3.63) is 44.1 Å². The highest BCUT2D eigenvalue weighted by molar-refractivity contribution is 14.1. The molecule has 6 nitrogen and oxygen atoms in total. The third-order valence-electron chi connectivity index (χ3n) is 3.82. The Morgan fingerprint density at radius 3 is 2.00 bits per heavy atom. The molecule has 0 aliphatic heterocycles. The highest BCUT2D eigenvalue weighted by Gasteiger charge is 2.23. The number of benzene rings is 2. The number of aromatic hydroxyl groups is 1. The van der Waals surface area contributed by atoms with Crippen LogP contribution in [0.25, 0.3) is 0 Å². The van der Waals surface area contributed by atoms with Gasteiger partial charge in [-0.15, -0.1) is 0 Å². The van der Waals surface area contributed by atoms with Crippen LogP contribution in [0.3, 0.4) is 0 Å². The number of amides is 2. The number of hydrogen-bond donors (Lipinski definition) is 2. The molecule has 1 atom stereocenters. The molecule has 0 bridgehead atoms. The SMILES string of the molecule is CC(=O)N[C@@H](Cc1cc(I)c(Oc2cc(I)c(O)c(I)c2)c(I)c1)C(=O)N(C)C. The molecule has 156 valence electrons. The van der Waals surface area contributed by atoms with Gasteiger partial charge in [0, 0.05) is 27.4 Å². The molecular weight excluding hydrogens is 828 g/mol. The first-order valence-electron chi connectivity index (χ1n) is 8.31. The first-order chi connectivity index (χ1) is 13.5. The summed E-state index contributed by atoms with van der Waals surface area (Å²) in [6.45, 7) is 1.40. The van der Waals surface area contributed by atoms with Gasteiger partial charge in [0.15, 0.2) is 5.75 Å². The number of halogens is 4. The summed E-state index contributed by atoms with van der Waals surface area (Å²) in [5, 5.41) is 12.7. The maximum absolute atomic E-state index is 12.4. The lowest BCUT2D eigenvalue weighted by atomic mass is 10.0. The van der Waals surface area contributed by atoms with Crippen LogP contribution in [0, 0.1) is 14.3 Å². The summed E-state index contributed by atoms with van der Waals surface area (Å²) in [6.07, 6.45) is 0.387. The van der Waals surface area contributed by atoms with E-state index < -0.39 is 6.04 Å². The van der Waals surface area contributed by atoms with Crippen molar-refractivity contribution < 1.29 is 19.4 Å². The van der Waals surface area contributed by atoms with Gasteiger partial charge in [0.05, 0.1) is 14.3 Å². The van der Waals surface area contributed by atoms with Gasteiger partial charge < -0.3 is 20.1 Å². The largest absolute Gasteiger partial charge is 0.506 e. The molecule has 2 aromatic carbocycles. The van der Waals surface area contributed by atoms with Gasteiger partial charge >= 0.3 is 0 Å². The van der Waals surface area contributed by atoms with Crippen molar-refractivity contribution in [3.63, 3.8) is 0 Å². The van der Waals surface area contributed by atoms with E-state index in [1.165, 1.54) is 11.8 Å². The third kappa shape index (κ3) is 6.95. The lowest BCUT2D eigenvalue weighted by molar-refractivity contribution is -0.133. The fourth-order valence-corrected chi connectivity index (χ4v) is 6.37. The molecule has 0 radical (unpaired) electrons. The predicted molar refractivity (Wildman–Crippen MR) is 145 cm³/mol. The molecule has 0 aliphatic rings. The zero-order valence-corrected chi connectivity index (χ0v) is 24.4. The van der Waals surface area contributed by atoms with Crippen LogP contribution in [0.15, 0.2) is 24.3 Å². The molecule has 29 heavy (non-hydrogen) atoms. The van der Waals surface area contributed by atoms with Crippen molar-refractivity contribution in [2.24, 2.45) is 0 Å². The molecule has 0 fully saturated rings. The Morgan fingerprint density at radius 1 is 1.03 bits per heavy atom. The average Bonchev–Trinajstić information content (AvgIpc) is 2.61. The molecule has 0 saturated heterocycles. The second-order valence-electron chi connectivity index (χ2n) is 6.42. The minimum absolute atomic E-state index is 0.154. The fraction of sp³-hybridized carbons (Fsp3) is 0.263. The van der Waals surface area contributed by atoms with Gasteiger partial charge in [-0.25, -0.2) is 0 Å². The van der Waals surface area contributed by atoms with Crippen LogP contribution in [-0.4, -0.2) is 42.0 Å². The van der Waals surface area contributed by atoms with Gasteiger partial charge in [0.25, 0.3) is 0 Å². The molecule has 2 rings (SSSR count). The molecule has 2 amide bonds. The van der Waals surface area contributed by atoms with E-state index in [0.717, 1.165) is 12.7 Å². The molecule has 0 heterocycles. The minimum Gasteiger partial charge on any atom is -0.506 e. The number of likely N-dealkylation sites (N-methyl/N-ethyl adjacent to an activating group) is 1. The quantitative estimate of drug-likeness (QED) is 0.413. The van der Waals surface area contributed by atoms with Crippen molar-refractivity contribution in [1.82, 2.24) is 10.2 Å². The highest BCUT2D eigenvalue weighted by atomic mass is 127. The van der Waals surface area contributed by atoms with Gasteiger partial charge in [0.1, 0.15) is 17.5 Å². The summed E-state index contributed by atoms with van der Waals surface area (Å²) >= 11 is 8.53. The van der Waals surface area contributed by atoms with Crippen molar-refractivity contribution in [1.29, 1.82) is 0 Å². The summed E-state index contributed by atoms with van der Waals surface area (Å²) < 4.78 is 9.30. The molecular formula is C19H18I4N2O4. The van der Waals surface area contributed by atoms with E-state index in [1.807, 2.05) is 12.1 Å². The first-order valence-corrected chi connectivity index (χ1v) is 12.6. The van der Waals surface area contributed by atoms with Crippen LogP contribution in [0.5, 0.6) is 17.2 Å². The summed E-state index contributed by atoms with van der Waals surface area (Å²) in [7, 11) is 3.34. The number of hydrogen-bond acceptors (Lipinski definition) is 4. The molecule has 0 spiro atoms. The van der Waals surface area contributed by atoms with Gasteiger partial charge in [-0.1, -0.05) is 0 Å². The lowest BCUT2D eigenvalue weighted by Gasteiger charge is -2.22. The third-order valence-corrected chi connectivity index (χ3v) is 7.07. The van der Waals surface area contributed by atoms with Gasteiger partial charge in [-0.2, -0.15) is 0 Å². The Labute approximate surface area is 224 Å². The number of nitrogens with zero attached hydrogens (tertiary/aromatic N) is 1. The summed E-state index contributed by atoms with van der Waals surface area (Å²) in [5.74, 6) is 1.19. The zero-order valence-electron chi connectivity index (χ0n) is 15.7. The standard InChI is InChI=1S/C19H18I4N2O4/c1-9(26)24-16(19(28)25(2)3)6-10-4-14(22)18(15(23)5-10)29-11-7-12(20)17(27)13(21)8-11/h4-5,7-8,16,27H,6H2,1-3H3,(H,24,26)/t16-/m0/s1. The fourth-order valence-electron chi connectivity index (χ4n) is 2.54. The van der Waals surface area contributed by atoms with E-state index in [9.17, 15) is 14.7 Å². The zero-order chi connectivity index (χ0) is 21.9. The van der Waals surface area contributed by atoms with Crippen LogP contribution in [0.4, 0.5) is 0 Å². The van der Waals surface area contributed by atoms with Crippen LogP contribution in [0.2, 0.25) is 0 Å². The smallest absolute Gasteiger partial charge is 0.244 e. The Hall–Kier alpha value is -0.100. The maximum Gasteiger partial charge on any atom is 0.244 e. The number of carbonyl (C=O) groups is 2. The Kier molecular flexibility index (Phi) is 9.52. The van der Waals surface area contributed by atoms with E-state index in [2.05, 4.69) is 95.7 Å². The van der Waals surface area contributed by atoms with Crippen LogP contribution in [-0.2, 0) is 16.0 Å². The molecule has 0 unspecified atom stereocenters. The maximum atomic E-state index is 12.4. The molecule has 0 aromatic heterocycles. The Bertz CT molecular complexity index is 904. The van der Waals surface area contributed by atoms with E-state index >= 15 is 0 Å². The number of phenolic OH excluding ortho intramolecular Hbond substituents is 1. The predicted octanol–water partition coefficient (Wildman–Crippen LogP) is 4.74. The van der Waals surface area contributed by atoms with Gasteiger partial charge in [0.2, 0.25) is 11.8 Å². The van der Waals surface area contributed by atoms with Crippen LogP contribution >= 0.6 is 90.4 Å². The van der Waals surface area contributed by atoms with E-state index in [1.54, 1.807) is 26.2 Å². The molecule has 0 aliphatic carbocycles. The summed E-state index contributed by atoms with van der Waals surface area (Å²) in [4.78, 5) is 25.4. The van der Waals surface area contributed by atoms with Crippen molar-refractivity contribution in [2.75, 3.05) is 14.1 Å². The Balaban J connectivity index is 2.30. The number of carbonyl (C=O) groups excluding carboxylic acids is 2. The highest BCUT2D eigenvalue weighted by Crippen LogP contribution is 2.37. The molecule has 0 saturated carbocycles. The van der Waals surface area contributed by atoms with Crippen LogP contribution in [0.1, 0.15) is 12.5 Å². The van der Waals surface area contributed by atoms with Crippen molar-refractivity contribution >= 4 is 102 Å². The topological polar surface area (TPSA) is 78.9 Å². The summed E-state index contributed by atoms with van der Waals surface area (Å²) in [6, 6.07) is 6.83.